The first-order valence-electron chi connectivity index (χ1n) is 5.71. The highest BCUT2D eigenvalue weighted by Crippen LogP contribution is 2.37. The lowest BCUT2D eigenvalue weighted by Gasteiger charge is -2.29. The van der Waals surface area contributed by atoms with E-state index in [0.717, 1.165) is 32.0 Å². The molecule has 1 unspecified atom stereocenters. The van der Waals surface area contributed by atoms with Crippen molar-refractivity contribution in [3.8, 4) is 5.75 Å². The summed E-state index contributed by atoms with van der Waals surface area (Å²) in [6.07, 6.45) is 2.32. The third-order valence-corrected chi connectivity index (χ3v) is 3.35. The molecule has 80 valence electrons. The van der Waals surface area contributed by atoms with Gasteiger partial charge in [-0.05, 0) is 35.6 Å². The fourth-order valence-corrected chi connectivity index (χ4v) is 2.69. The van der Waals surface area contributed by atoms with Crippen molar-refractivity contribution in [2.45, 2.75) is 32.3 Å². The fourth-order valence-electron chi connectivity index (χ4n) is 2.69. The van der Waals surface area contributed by atoms with Crippen molar-refractivity contribution in [2.24, 2.45) is 0 Å². The minimum Gasteiger partial charge on any atom is -0.493 e. The van der Waals surface area contributed by atoms with Gasteiger partial charge in [-0.15, -0.1) is 0 Å². The summed E-state index contributed by atoms with van der Waals surface area (Å²) >= 11 is 0. The van der Waals surface area contributed by atoms with E-state index < -0.39 is 0 Å². The van der Waals surface area contributed by atoms with E-state index in [0.29, 0.717) is 5.92 Å². The average Bonchev–Trinajstić information content (AvgIpc) is 2.29. The SMILES string of the molecule is CC1COCc2ccc3c(c21)CCCO3. The zero-order valence-corrected chi connectivity index (χ0v) is 9.08. The molecular formula is C13H16O2. The molecule has 0 fully saturated rings. The Labute approximate surface area is 90.2 Å². The van der Waals surface area contributed by atoms with Gasteiger partial charge in [0.05, 0.1) is 19.8 Å². The summed E-state index contributed by atoms with van der Waals surface area (Å²) in [6.45, 7) is 4.74. The summed E-state index contributed by atoms with van der Waals surface area (Å²) in [4.78, 5) is 0. The molecule has 0 amide bonds. The normalized spacial score (nSPS) is 23.9. The first-order valence-corrected chi connectivity index (χ1v) is 5.71. The van der Waals surface area contributed by atoms with E-state index in [-0.39, 0.29) is 0 Å². The number of rotatable bonds is 0. The second kappa shape index (κ2) is 3.53. The minimum atomic E-state index is 0.519. The van der Waals surface area contributed by atoms with Crippen molar-refractivity contribution in [2.75, 3.05) is 13.2 Å². The Morgan fingerprint density at radius 2 is 2.27 bits per heavy atom. The molecule has 0 aromatic heterocycles. The smallest absolute Gasteiger partial charge is 0.122 e. The molecule has 1 aromatic rings. The highest BCUT2D eigenvalue weighted by Gasteiger charge is 2.24. The third-order valence-electron chi connectivity index (χ3n) is 3.35. The van der Waals surface area contributed by atoms with Crippen molar-refractivity contribution in [3.05, 3.63) is 28.8 Å². The van der Waals surface area contributed by atoms with Crippen LogP contribution < -0.4 is 4.74 Å². The molecule has 1 aromatic carbocycles. The molecule has 2 aliphatic heterocycles. The van der Waals surface area contributed by atoms with Gasteiger partial charge in [0, 0.05) is 5.92 Å². The molecule has 0 N–H and O–H groups in total. The van der Waals surface area contributed by atoms with Crippen LogP contribution in [-0.2, 0) is 17.8 Å². The minimum absolute atomic E-state index is 0.519. The lowest BCUT2D eigenvalue weighted by Crippen LogP contribution is -2.19. The average molecular weight is 204 g/mol. The van der Waals surface area contributed by atoms with Crippen LogP contribution in [0.4, 0.5) is 0 Å². The first-order chi connectivity index (χ1) is 7.36. The van der Waals surface area contributed by atoms with Crippen molar-refractivity contribution in [1.82, 2.24) is 0 Å². The standard InChI is InChI=1S/C13H16O2/c1-9-7-14-8-10-4-5-12-11(13(9)10)3-2-6-15-12/h4-5,9H,2-3,6-8H2,1H3. The summed E-state index contributed by atoms with van der Waals surface area (Å²) in [5, 5.41) is 0. The Morgan fingerprint density at radius 1 is 1.33 bits per heavy atom. The number of fused-ring (bicyclic) bond motifs is 3. The summed E-state index contributed by atoms with van der Waals surface area (Å²) in [5.74, 6) is 1.62. The second-order valence-corrected chi connectivity index (χ2v) is 4.48. The largest absolute Gasteiger partial charge is 0.493 e. The predicted octanol–water partition coefficient (Wildman–Crippen LogP) is 2.65. The molecular weight excluding hydrogens is 188 g/mol. The van der Waals surface area contributed by atoms with Gasteiger partial charge in [0.2, 0.25) is 0 Å². The van der Waals surface area contributed by atoms with E-state index in [4.69, 9.17) is 9.47 Å². The zero-order chi connectivity index (χ0) is 10.3. The highest BCUT2D eigenvalue weighted by molar-refractivity contribution is 5.48. The van der Waals surface area contributed by atoms with Gasteiger partial charge < -0.3 is 9.47 Å². The molecule has 1 atom stereocenters. The van der Waals surface area contributed by atoms with E-state index in [1.807, 2.05) is 0 Å². The third kappa shape index (κ3) is 1.44. The zero-order valence-electron chi connectivity index (χ0n) is 9.08. The van der Waals surface area contributed by atoms with Crippen LogP contribution in [0.5, 0.6) is 5.75 Å². The molecule has 0 bridgehead atoms. The van der Waals surface area contributed by atoms with Gasteiger partial charge in [0.15, 0.2) is 0 Å². The Morgan fingerprint density at radius 3 is 3.20 bits per heavy atom. The van der Waals surface area contributed by atoms with E-state index in [2.05, 4.69) is 19.1 Å². The predicted molar refractivity (Wildman–Crippen MR) is 58.3 cm³/mol. The topological polar surface area (TPSA) is 18.5 Å². The number of benzene rings is 1. The molecule has 0 aliphatic carbocycles. The van der Waals surface area contributed by atoms with Gasteiger partial charge >= 0.3 is 0 Å². The summed E-state index contributed by atoms with van der Waals surface area (Å²) in [7, 11) is 0. The summed E-state index contributed by atoms with van der Waals surface area (Å²) < 4.78 is 11.3. The Balaban J connectivity index is 2.15. The molecule has 15 heavy (non-hydrogen) atoms. The molecule has 0 saturated heterocycles. The lowest BCUT2D eigenvalue weighted by molar-refractivity contribution is 0.0941. The Kier molecular flexibility index (Phi) is 2.17. The Hall–Kier alpha value is -1.02. The van der Waals surface area contributed by atoms with Crippen LogP contribution in [0.25, 0.3) is 0 Å². The van der Waals surface area contributed by atoms with E-state index >= 15 is 0 Å². The molecule has 0 radical (unpaired) electrons. The maximum atomic E-state index is 5.70. The van der Waals surface area contributed by atoms with Crippen molar-refractivity contribution in [3.63, 3.8) is 0 Å². The second-order valence-electron chi connectivity index (χ2n) is 4.48. The molecule has 2 aliphatic rings. The summed E-state index contributed by atoms with van der Waals surface area (Å²) in [5.41, 5.74) is 4.30. The van der Waals surface area contributed by atoms with Gasteiger partial charge in [-0.1, -0.05) is 13.0 Å². The van der Waals surface area contributed by atoms with Gasteiger partial charge in [-0.25, -0.2) is 0 Å². The summed E-state index contributed by atoms with van der Waals surface area (Å²) in [6, 6.07) is 4.27. The van der Waals surface area contributed by atoms with E-state index in [1.165, 1.54) is 23.1 Å². The van der Waals surface area contributed by atoms with E-state index in [1.54, 1.807) is 0 Å². The Bertz CT molecular complexity index is 384. The maximum Gasteiger partial charge on any atom is 0.122 e. The van der Waals surface area contributed by atoms with Crippen LogP contribution in [0, 0.1) is 0 Å². The van der Waals surface area contributed by atoms with E-state index in [9.17, 15) is 0 Å². The molecule has 0 saturated carbocycles. The van der Waals surface area contributed by atoms with Crippen molar-refractivity contribution in [1.29, 1.82) is 0 Å². The first kappa shape index (κ1) is 9.22. The molecule has 2 heterocycles. The van der Waals surface area contributed by atoms with Crippen LogP contribution in [-0.4, -0.2) is 13.2 Å². The van der Waals surface area contributed by atoms with Crippen LogP contribution in [0.2, 0.25) is 0 Å². The monoisotopic (exact) mass is 204 g/mol. The lowest BCUT2D eigenvalue weighted by atomic mass is 9.87. The maximum absolute atomic E-state index is 5.70. The molecule has 3 rings (SSSR count). The number of ether oxygens (including phenoxy) is 2. The van der Waals surface area contributed by atoms with Crippen LogP contribution in [0.1, 0.15) is 36.0 Å². The van der Waals surface area contributed by atoms with Gasteiger partial charge in [0.1, 0.15) is 5.75 Å². The van der Waals surface area contributed by atoms with Crippen LogP contribution >= 0.6 is 0 Å². The quantitative estimate of drug-likeness (QED) is 0.646. The fraction of sp³-hybridized carbons (Fsp3) is 0.538. The molecule has 2 heteroatoms. The van der Waals surface area contributed by atoms with Gasteiger partial charge in [0.25, 0.3) is 0 Å². The molecule has 0 spiro atoms. The molecule has 2 nitrogen and oxygen atoms in total. The van der Waals surface area contributed by atoms with Crippen LogP contribution in [0.15, 0.2) is 12.1 Å². The van der Waals surface area contributed by atoms with Crippen molar-refractivity contribution >= 4 is 0 Å². The number of hydrogen-bond donors (Lipinski definition) is 0. The highest BCUT2D eigenvalue weighted by atomic mass is 16.5. The number of hydrogen-bond acceptors (Lipinski definition) is 2. The van der Waals surface area contributed by atoms with Crippen LogP contribution in [0.3, 0.4) is 0 Å². The van der Waals surface area contributed by atoms with Gasteiger partial charge in [-0.3, -0.25) is 0 Å². The van der Waals surface area contributed by atoms with Gasteiger partial charge in [-0.2, -0.15) is 0 Å². The van der Waals surface area contributed by atoms with Crippen molar-refractivity contribution < 1.29 is 9.47 Å².